The molecule has 0 spiro atoms. The third kappa shape index (κ3) is 18.0. The minimum atomic E-state index is -4.44. The summed E-state index contributed by atoms with van der Waals surface area (Å²) < 4.78 is 49.7. The minimum Gasteiger partial charge on any atom is -0.481 e. The lowest BCUT2D eigenvalue weighted by molar-refractivity contribution is -0.248. The first-order valence-electron chi connectivity index (χ1n) is 32.8. The number of aliphatic carboxylic acids is 1. The number of pyridine rings is 1. The van der Waals surface area contributed by atoms with Crippen LogP contribution in [-0.2, 0) is 50.5 Å². The van der Waals surface area contributed by atoms with Gasteiger partial charge in [-0.15, -0.1) is 0 Å². The van der Waals surface area contributed by atoms with Gasteiger partial charge in [-0.1, -0.05) is 75.4 Å². The number of aromatic carboxylic acids is 1. The van der Waals surface area contributed by atoms with Crippen LogP contribution in [0.5, 0.6) is 0 Å². The van der Waals surface area contributed by atoms with Crippen molar-refractivity contribution in [1.82, 2.24) is 40.6 Å². The van der Waals surface area contributed by atoms with E-state index in [-0.39, 0.29) is 84.6 Å². The molecule has 1 aliphatic heterocycles. The Kier molecular flexibility index (Phi) is 21.9. The van der Waals surface area contributed by atoms with Crippen LogP contribution in [0, 0.1) is 29.1 Å². The summed E-state index contributed by atoms with van der Waals surface area (Å²) in [5, 5.41) is 41.5. The van der Waals surface area contributed by atoms with Gasteiger partial charge >= 0.3 is 24.1 Å². The number of rotatable bonds is 33. The maximum Gasteiger partial charge on any atom is 0.410 e. The van der Waals surface area contributed by atoms with Crippen molar-refractivity contribution in [1.29, 1.82) is 0 Å². The number of amides is 4. The highest BCUT2D eigenvalue weighted by atomic mass is 32.2. The molecule has 0 saturated heterocycles. The van der Waals surface area contributed by atoms with E-state index >= 15 is 0 Å². The molecule has 5 atom stereocenters. The van der Waals surface area contributed by atoms with Crippen LogP contribution in [0.1, 0.15) is 135 Å². The summed E-state index contributed by atoms with van der Waals surface area (Å²) in [6.45, 7) is 14.0. The Morgan fingerprint density at radius 3 is 2.32 bits per heavy atom. The Morgan fingerprint density at radius 1 is 0.853 bits per heavy atom. The number of benzene rings is 3. The lowest BCUT2D eigenvalue weighted by Crippen LogP contribution is -2.64. The number of nitrogens with two attached hydrogens (primary N) is 2. The zero-order chi connectivity index (χ0) is 67.9. The van der Waals surface area contributed by atoms with Crippen molar-refractivity contribution in [2.24, 2.45) is 33.6 Å². The van der Waals surface area contributed by atoms with Crippen molar-refractivity contribution in [3.63, 3.8) is 0 Å². The number of para-hydroxylation sites is 1. The number of urea groups is 1. The summed E-state index contributed by atoms with van der Waals surface area (Å²) in [5.74, 6) is -2.28. The number of aromatic nitrogens is 4. The normalized spacial score (nSPS) is 21.5. The molecular formula is C68H91N13O12S2. The molecule has 4 heterocycles. The van der Waals surface area contributed by atoms with E-state index in [1.165, 1.54) is 16.2 Å². The Bertz CT molecular complexity index is 3810. The van der Waals surface area contributed by atoms with Gasteiger partial charge in [0.05, 0.1) is 34.4 Å². The largest absolute Gasteiger partial charge is 0.481 e. The number of hydrogen-bond donors (Lipinski definition) is 10. The molecule has 5 aliphatic rings. The number of fused-ring (bicyclic) bond motifs is 2. The number of ether oxygens (including phenoxy) is 2. The summed E-state index contributed by atoms with van der Waals surface area (Å²) in [6, 6.07) is 23.6. The second kappa shape index (κ2) is 29.7. The monoisotopic (exact) mass is 1350 g/mol. The summed E-state index contributed by atoms with van der Waals surface area (Å²) in [4.78, 5) is 75.9. The molecule has 4 saturated carbocycles. The first kappa shape index (κ1) is 70.0. The molecule has 512 valence electrons. The number of carbonyl (C=O) groups is 5. The second-order valence-corrected chi connectivity index (χ2v) is 30.4. The van der Waals surface area contributed by atoms with Crippen LogP contribution in [0.15, 0.2) is 85.1 Å². The summed E-state index contributed by atoms with van der Waals surface area (Å²) in [7, 11) is -4.44. The quantitative estimate of drug-likeness (QED) is 0.0136. The van der Waals surface area contributed by atoms with Crippen LogP contribution in [0.25, 0.3) is 21.3 Å². The average Bonchev–Trinajstić information content (AvgIpc) is 0.860. The number of hydrogen-bond acceptors (Lipinski definition) is 18. The van der Waals surface area contributed by atoms with Crippen LogP contribution < -0.4 is 43.0 Å². The van der Waals surface area contributed by atoms with Crippen molar-refractivity contribution in [2.45, 2.75) is 149 Å². The van der Waals surface area contributed by atoms with E-state index in [4.69, 9.17) is 36.1 Å². The molecule has 4 bridgehead atoms. The summed E-state index contributed by atoms with van der Waals surface area (Å²) in [6.07, 6.45) is 8.57. The van der Waals surface area contributed by atoms with Gasteiger partial charge < -0.3 is 62.2 Å². The number of thiazole rings is 1. The van der Waals surface area contributed by atoms with E-state index in [0.29, 0.717) is 105 Å². The van der Waals surface area contributed by atoms with E-state index in [2.05, 4.69) is 59.3 Å². The predicted octanol–water partition coefficient (Wildman–Crippen LogP) is 8.66. The first-order valence-corrected chi connectivity index (χ1v) is 35.2. The lowest BCUT2D eigenvalue weighted by Gasteiger charge is -2.69. The molecular weight excluding hydrogens is 1250 g/mol. The fraction of sp³-hybridized carbons (Fsp3) is 0.529. The average molecular weight is 1350 g/mol. The molecule has 4 amide bonds. The van der Waals surface area contributed by atoms with Crippen LogP contribution in [0.4, 0.5) is 26.2 Å². The van der Waals surface area contributed by atoms with Gasteiger partial charge in [0.25, 0.3) is 16.0 Å². The number of carboxylic acid groups (broad SMARTS) is 2. The molecule has 25 nitrogen and oxygen atoms in total. The lowest BCUT2D eigenvalue weighted by atomic mass is 9.39. The van der Waals surface area contributed by atoms with Crippen molar-refractivity contribution in [3.05, 3.63) is 119 Å². The van der Waals surface area contributed by atoms with Gasteiger partial charge in [0, 0.05) is 112 Å². The minimum absolute atomic E-state index is 0.00355. The maximum absolute atomic E-state index is 13.9. The molecule has 3 aromatic heterocycles. The highest BCUT2D eigenvalue weighted by molar-refractivity contribution is 7.85. The van der Waals surface area contributed by atoms with Gasteiger partial charge in [-0.2, -0.15) is 13.5 Å². The van der Waals surface area contributed by atoms with Crippen molar-refractivity contribution in [3.8, 4) is 11.1 Å². The van der Waals surface area contributed by atoms with Gasteiger partial charge in [-0.25, -0.2) is 24.4 Å². The van der Waals surface area contributed by atoms with Gasteiger partial charge in [-0.05, 0) is 152 Å². The number of nitrogens with one attached hydrogen (secondary N) is 5. The molecule has 0 radical (unpaired) electrons. The smallest absolute Gasteiger partial charge is 0.410 e. The standard InChI is InChI=1S/C68H91N13O12S2/c1-43(2)55(74-30-47(69)17-22-58(82)83)33-73-49(11-9-24-71-62(70)87)31-72-48-18-15-45(16-19-48)35-92-64(88)79(27-29-95(89,90)91)26-28-93-68-39-65(4)36-66(5,40-68)38-67(37-65,41-68)42-81-44(3)52(32-75-81)50-20-21-57(77-59(50)61(85)86)80-25-23-46-10-8-12-51(53(46)34-80)60(84)78-63-76-54-13-6-7-14-56(54)94-63/h6-8,10,12-16,18-21,32,43,47,49,55,72-74H,9,11,17,22-31,33-42,69H2,1-5H3,(H,82,83)(H,85,86)(H3,70,71,87)(H,76,78,84)(H,89,90,91)/t47-,49-,55+,65?,66?,67?,68?/m0/s1. The second-order valence-electron chi connectivity index (χ2n) is 27.8. The first-order chi connectivity index (χ1) is 45.2. The number of nitrogens with zero attached hydrogens (tertiary/aromatic N) is 6. The van der Waals surface area contributed by atoms with Crippen LogP contribution in [0.3, 0.4) is 0 Å². The Hall–Kier alpha value is -7.79. The third-order valence-corrected chi connectivity index (χ3v) is 21.0. The number of anilines is 3. The number of primary amides is 1. The topological polar surface area (TPSA) is 361 Å². The van der Waals surface area contributed by atoms with Crippen molar-refractivity contribution < 1.29 is 56.6 Å². The van der Waals surface area contributed by atoms with Crippen molar-refractivity contribution in [2.75, 3.05) is 73.7 Å². The van der Waals surface area contributed by atoms with Crippen LogP contribution in [0.2, 0.25) is 0 Å². The molecule has 27 heteroatoms. The SMILES string of the molecule is Cc1c(-c2ccc(N3CCc4cccc(C(=O)Nc5nc6ccccc6s5)c4C3)nc2C(=O)O)cnn1CC12CC3(C)CC(C)(C1)CC(OCCN(CCS(=O)(=O)O)C(=O)OCc1ccc(NC[C@H](CCCNC(N)=O)NC[C@@H](NC[C@@H](N)CCC(=O)O)C(C)C)cc1)(C3)C2. The number of carboxylic acids is 2. The molecule has 12 N–H and O–H groups in total. The maximum atomic E-state index is 13.9. The molecule has 2 unspecified atom stereocenters. The Labute approximate surface area is 558 Å². The van der Waals surface area contributed by atoms with Gasteiger partial charge in [-0.3, -0.25) is 24.1 Å². The zero-order valence-corrected chi connectivity index (χ0v) is 56.5. The van der Waals surface area contributed by atoms with E-state index < -0.39 is 45.5 Å². The molecule has 95 heavy (non-hydrogen) atoms. The van der Waals surface area contributed by atoms with E-state index in [9.17, 15) is 42.0 Å². The molecule has 4 fully saturated rings. The van der Waals surface area contributed by atoms with E-state index in [0.717, 1.165) is 71.2 Å². The summed E-state index contributed by atoms with van der Waals surface area (Å²) >= 11 is 1.41. The Balaban J connectivity index is 0.757. The predicted molar refractivity (Wildman–Crippen MR) is 364 cm³/mol. The third-order valence-electron chi connectivity index (χ3n) is 19.3. The molecule has 4 aliphatic carbocycles. The fourth-order valence-electron chi connectivity index (χ4n) is 15.9. The van der Waals surface area contributed by atoms with Gasteiger partial charge in [0.2, 0.25) is 0 Å². The Morgan fingerprint density at radius 2 is 1.61 bits per heavy atom. The number of carbonyl (C=O) groups excluding carboxylic acids is 3. The molecule has 11 rings (SSSR count). The molecule has 6 aromatic rings. The van der Waals surface area contributed by atoms with Gasteiger partial charge in [0.15, 0.2) is 10.8 Å². The van der Waals surface area contributed by atoms with E-state index in [1.807, 2.05) is 83.2 Å². The summed E-state index contributed by atoms with van der Waals surface area (Å²) in [5.41, 5.74) is 17.1. The molecule has 3 aromatic carbocycles. The van der Waals surface area contributed by atoms with Crippen LogP contribution >= 0.6 is 11.3 Å². The highest BCUT2D eigenvalue weighted by Crippen LogP contribution is 2.72. The van der Waals surface area contributed by atoms with Crippen LogP contribution in [-0.4, -0.2) is 160 Å². The zero-order valence-electron chi connectivity index (χ0n) is 54.8. The van der Waals surface area contributed by atoms with Gasteiger partial charge in [0.1, 0.15) is 12.4 Å². The highest BCUT2D eigenvalue weighted by Gasteiger charge is 2.66. The fourth-order valence-corrected chi connectivity index (χ4v) is 17.2. The van der Waals surface area contributed by atoms with Crippen molar-refractivity contribution >= 4 is 78.3 Å². The van der Waals surface area contributed by atoms with E-state index in [1.54, 1.807) is 18.3 Å².